The summed E-state index contributed by atoms with van der Waals surface area (Å²) in [5.41, 5.74) is 0.815. The lowest BCUT2D eigenvalue weighted by atomic mass is 10.1. The quantitative estimate of drug-likeness (QED) is 0.911. The third-order valence-electron chi connectivity index (χ3n) is 3.04. The van der Waals surface area contributed by atoms with E-state index >= 15 is 0 Å². The number of thiazole rings is 1. The average Bonchev–Trinajstić information content (AvgIpc) is 2.91. The van der Waals surface area contributed by atoms with Crippen molar-refractivity contribution in [3.8, 4) is 0 Å². The van der Waals surface area contributed by atoms with Gasteiger partial charge < -0.3 is 5.11 Å². The lowest BCUT2D eigenvalue weighted by Gasteiger charge is -2.10. The van der Waals surface area contributed by atoms with Gasteiger partial charge in [-0.1, -0.05) is 27.3 Å². The Kier molecular flexibility index (Phi) is 3.02. The molecule has 0 radical (unpaired) electrons. The number of hydrogen-bond acceptors (Lipinski definition) is 4. The molecule has 1 saturated heterocycles. The van der Waals surface area contributed by atoms with Gasteiger partial charge in [0.2, 0.25) is 5.91 Å². The number of carbonyl (C=O) groups excluding carboxylic acids is 1. The van der Waals surface area contributed by atoms with Gasteiger partial charge in [0.15, 0.2) is 5.13 Å². The molecule has 7 heteroatoms. The summed E-state index contributed by atoms with van der Waals surface area (Å²) in [6.45, 7) is 0.204. The molecule has 98 valence electrons. The zero-order chi connectivity index (χ0) is 13.6. The zero-order valence-electron chi connectivity index (χ0n) is 9.67. The molecule has 1 unspecified atom stereocenters. The summed E-state index contributed by atoms with van der Waals surface area (Å²) in [6.07, 6.45) is 0.0505. The molecule has 0 spiro atoms. The number of fused-ring (bicyclic) bond motifs is 1. The Hall–Kier alpha value is -1.47. The van der Waals surface area contributed by atoms with Crippen molar-refractivity contribution in [2.75, 3.05) is 11.4 Å². The number of aliphatic carboxylic acids is 1. The van der Waals surface area contributed by atoms with Crippen molar-refractivity contribution < 1.29 is 14.7 Å². The minimum Gasteiger partial charge on any atom is -0.481 e. The zero-order valence-corrected chi connectivity index (χ0v) is 12.1. The van der Waals surface area contributed by atoms with E-state index in [1.807, 2.05) is 18.2 Å². The normalized spacial score (nSPS) is 19.3. The Balaban J connectivity index is 1.96. The van der Waals surface area contributed by atoms with Crippen LogP contribution in [0.3, 0.4) is 0 Å². The lowest BCUT2D eigenvalue weighted by molar-refractivity contribution is -0.141. The smallest absolute Gasteiger partial charge is 0.308 e. The molecule has 1 atom stereocenters. The van der Waals surface area contributed by atoms with Crippen LogP contribution in [0.25, 0.3) is 10.2 Å². The van der Waals surface area contributed by atoms with Crippen molar-refractivity contribution >= 4 is 54.5 Å². The first kappa shape index (κ1) is 12.6. The maximum Gasteiger partial charge on any atom is 0.308 e. The Bertz CT molecular complexity index is 685. The average molecular weight is 341 g/mol. The first-order chi connectivity index (χ1) is 9.04. The van der Waals surface area contributed by atoms with Crippen LogP contribution < -0.4 is 4.90 Å². The lowest BCUT2D eigenvalue weighted by Crippen LogP contribution is -2.25. The molecule has 19 heavy (non-hydrogen) atoms. The second kappa shape index (κ2) is 4.57. The summed E-state index contributed by atoms with van der Waals surface area (Å²) < 4.78 is 1.92. The van der Waals surface area contributed by atoms with Crippen LogP contribution in [0.5, 0.6) is 0 Å². The number of hydrogen-bond donors (Lipinski definition) is 1. The highest BCUT2D eigenvalue weighted by atomic mass is 79.9. The van der Waals surface area contributed by atoms with E-state index in [0.717, 1.165) is 14.7 Å². The number of anilines is 1. The molecule has 1 aliphatic rings. The van der Waals surface area contributed by atoms with Gasteiger partial charge in [0, 0.05) is 17.4 Å². The molecule has 3 rings (SSSR count). The first-order valence-electron chi connectivity index (χ1n) is 5.64. The highest BCUT2D eigenvalue weighted by Crippen LogP contribution is 2.33. The van der Waals surface area contributed by atoms with Crippen LogP contribution in [-0.2, 0) is 9.59 Å². The van der Waals surface area contributed by atoms with Crippen LogP contribution in [0, 0.1) is 5.92 Å². The fourth-order valence-corrected chi connectivity index (χ4v) is 3.60. The van der Waals surface area contributed by atoms with Gasteiger partial charge in [-0.3, -0.25) is 14.5 Å². The van der Waals surface area contributed by atoms with Crippen LogP contribution in [0.1, 0.15) is 6.42 Å². The number of nitrogens with zero attached hydrogens (tertiary/aromatic N) is 2. The number of carboxylic acid groups (broad SMARTS) is 1. The fraction of sp³-hybridized carbons (Fsp3) is 0.250. The highest BCUT2D eigenvalue weighted by molar-refractivity contribution is 9.10. The second-order valence-electron chi connectivity index (χ2n) is 4.35. The molecule has 1 aliphatic heterocycles. The summed E-state index contributed by atoms with van der Waals surface area (Å²) >= 11 is 4.78. The number of halogens is 1. The predicted molar refractivity (Wildman–Crippen MR) is 75.4 cm³/mol. The van der Waals surface area contributed by atoms with E-state index in [4.69, 9.17) is 5.11 Å². The number of benzene rings is 1. The molecule has 0 aliphatic carbocycles. The number of amides is 1. The molecule has 1 N–H and O–H groups in total. The van der Waals surface area contributed by atoms with Crippen molar-refractivity contribution in [2.24, 2.45) is 5.92 Å². The van der Waals surface area contributed by atoms with E-state index < -0.39 is 11.9 Å². The number of aromatic nitrogens is 1. The van der Waals surface area contributed by atoms with Crippen LogP contribution in [-0.4, -0.2) is 28.5 Å². The minimum absolute atomic E-state index is 0.0505. The Morgan fingerprint density at radius 1 is 1.53 bits per heavy atom. The van der Waals surface area contributed by atoms with Gasteiger partial charge in [-0.25, -0.2) is 4.98 Å². The molecule has 1 amide bonds. The molecule has 1 aromatic heterocycles. The van der Waals surface area contributed by atoms with E-state index in [1.165, 1.54) is 16.2 Å². The summed E-state index contributed by atoms with van der Waals surface area (Å²) in [4.78, 5) is 28.7. The third-order valence-corrected chi connectivity index (χ3v) is 4.58. The van der Waals surface area contributed by atoms with Crippen molar-refractivity contribution in [3.05, 3.63) is 22.7 Å². The maximum absolute atomic E-state index is 11.9. The van der Waals surface area contributed by atoms with Gasteiger partial charge in [0.25, 0.3) is 0 Å². The van der Waals surface area contributed by atoms with Crippen molar-refractivity contribution in [1.82, 2.24) is 4.98 Å². The van der Waals surface area contributed by atoms with Gasteiger partial charge in [-0.15, -0.1) is 0 Å². The van der Waals surface area contributed by atoms with Crippen molar-refractivity contribution in [1.29, 1.82) is 0 Å². The van der Waals surface area contributed by atoms with Crippen LogP contribution >= 0.6 is 27.3 Å². The van der Waals surface area contributed by atoms with Gasteiger partial charge in [-0.05, 0) is 18.2 Å². The molecule has 1 aromatic carbocycles. The summed E-state index contributed by atoms with van der Waals surface area (Å²) in [5.74, 6) is -1.74. The van der Waals surface area contributed by atoms with Gasteiger partial charge in [0.1, 0.15) is 0 Å². The fourth-order valence-electron chi connectivity index (χ4n) is 2.06. The molecule has 0 bridgehead atoms. The third kappa shape index (κ3) is 2.23. The number of carboxylic acids is 1. The molecular formula is C12H9BrN2O3S. The van der Waals surface area contributed by atoms with E-state index in [9.17, 15) is 9.59 Å². The second-order valence-corrected chi connectivity index (χ2v) is 6.28. The van der Waals surface area contributed by atoms with Crippen LogP contribution in [0.15, 0.2) is 22.7 Å². The number of carbonyl (C=O) groups is 2. The topological polar surface area (TPSA) is 70.5 Å². The molecule has 2 aromatic rings. The first-order valence-corrected chi connectivity index (χ1v) is 7.25. The van der Waals surface area contributed by atoms with Gasteiger partial charge in [-0.2, -0.15) is 0 Å². The van der Waals surface area contributed by atoms with Crippen molar-refractivity contribution in [3.63, 3.8) is 0 Å². The molecule has 1 fully saturated rings. The maximum atomic E-state index is 11.9. The Morgan fingerprint density at radius 3 is 3.00 bits per heavy atom. The van der Waals surface area contributed by atoms with Crippen molar-refractivity contribution in [2.45, 2.75) is 6.42 Å². The Morgan fingerprint density at radius 2 is 2.32 bits per heavy atom. The predicted octanol–water partition coefficient (Wildman–Crippen LogP) is 2.50. The Labute approximate surface area is 121 Å². The summed E-state index contributed by atoms with van der Waals surface area (Å²) in [7, 11) is 0. The monoisotopic (exact) mass is 340 g/mol. The van der Waals surface area contributed by atoms with E-state index in [1.54, 1.807) is 0 Å². The molecule has 5 nitrogen and oxygen atoms in total. The summed E-state index contributed by atoms with van der Waals surface area (Å²) in [6, 6.07) is 5.69. The standard InChI is InChI=1S/C12H9BrN2O3S/c13-7-1-2-8-9(4-7)19-12(14-8)15-5-6(11(17)18)3-10(15)16/h1-2,4,6H,3,5H2,(H,17,18). The van der Waals surface area contributed by atoms with E-state index in [2.05, 4.69) is 20.9 Å². The largest absolute Gasteiger partial charge is 0.481 e. The van der Waals surface area contributed by atoms with Crippen LogP contribution in [0.2, 0.25) is 0 Å². The van der Waals surface area contributed by atoms with Gasteiger partial charge in [0.05, 0.1) is 16.1 Å². The SMILES string of the molecule is O=C(O)C1CC(=O)N(c2nc3ccc(Br)cc3s2)C1. The van der Waals surface area contributed by atoms with Crippen LogP contribution in [0.4, 0.5) is 5.13 Å². The number of rotatable bonds is 2. The molecule has 0 saturated carbocycles. The van der Waals surface area contributed by atoms with E-state index in [-0.39, 0.29) is 18.9 Å². The summed E-state index contributed by atoms with van der Waals surface area (Å²) in [5, 5.41) is 9.54. The highest BCUT2D eigenvalue weighted by Gasteiger charge is 2.36. The minimum atomic E-state index is -0.931. The molecular weight excluding hydrogens is 332 g/mol. The molecule has 2 heterocycles. The van der Waals surface area contributed by atoms with Gasteiger partial charge >= 0.3 is 5.97 Å². The van der Waals surface area contributed by atoms with E-state index in [0.29, 0.717) is 5.13 Å².